The van der Waals surface area contributed by atoms with Gasteiger partial charge in [-0.1, -0.05) is 11.6 Å². The van der Waals surface area contributed by atoms with Crippen LogP contribution in [-0.2, 0) is 9.59 Å². The molecule has 2 aromatic rings. The summed E-state index contributed by atoms with van der Waals surface area (Å²) >= 11 is 5.80. The Kier molecular flexibility index (Phi) is 6.40. The molecule has 0 spiro atoms. The highest BCUT2D eigenvalue weighted by atomic mass is 35.5. The molecule has 0 saturated carbocycles. The predicted octanol–water partition coefficient (Wildman–Crippen LogP) is 1.26. The second-order valence-corrected chi connectivity index (χ2v) is 6.11. The van der Waals surface area contributed by atoms with Gasteiger partial charge in [0.25, 0.3) is 11.8 Å². The van der Waals surface area contributed by atoms with E-state index in [1.54, 1.807) is 49.7 Å². The van der Waals surface area contributed by atoms with Gasteiger partial charge < -0.3 is 20.0 Å². The number of rotatable bonds is 7. The highest BCUT2D eigenvalue weighted by Gasteiger charge is 2.17. The van der Waals surface area contributed by atoms with Gasteiger partial charge in [-0.3, -0.25) is 9.59 Å². The number of anilines is 1. The smallest absolute Gasteiger partial charge is 0.279 e. The van der Waals surface area contributed by atoms with Crippen molar-refractivity contribution in [2.45, 2.75) is 13.0 Å². The van der Waals surface area contributed by atoms with Crippen LogP contribution in [0.2, 0.25) is 5.02 Å². The van der Waals surface area contributed by atoms with Crippen LogP contribution in [0.15, 0.2) is 47.1 Å². The van der Waals surface area contributed by atoms with E-state index in [9.17, 15) is 9.59 Å². The molecular weight excluding hydrogens is 330 g/mol. The SMILES string of the molecule is C[C@H](NC(=O)C[NH+](C)CC(=O)Nc1ccc(Cl)cc1)c1ccco1. The van der Waals surface area contributed by atoms with Crippen LogP contribution in [0.5, 0.6) is 0 Å². The fourth-order valence-electron chi connectivity index (χ4n) is 2.25. The van der Waals surface area contributed by atoms with Crippen LogP contribution in [0.4, 0.5) is 5.69 Å². The van der Waals surface area contributed by atoms with Crippen molar-refractivity contribution in [3.8, 4) is 0 Å². The third-order valence-electron chi connectivity index (χ3n) is 3.40. The van der Waals surface area contributed by atoms with Gasteiger partial charge >= 0.3 is 0 Å². The lowest BCUT2D eigenvalue weighted by Gasteiger charge is -2.16. The molecule has 128 valence electrons. The van der Waals surface area contributed by atoms with Crippen LogP contribution >= 0.6 is 11.6 Å². The number of benzene rings is 1. The fraction of sp³-hybridized carbons (Fsp3) is 0.294. The Bertz CT molecular complexity index is 671. The molecule has 0 aliphatic heterocycles. The van der Waals surface area contributed by atoms with Crippen molar-refractivity contribution in [2.75, 3.05) is 25.5 Å². The Labute approximate surface area is 145 Å². The first-order valence-electron chi connectivity index (χ1n) is 7.63. The summed E-state index contributed by atoms with van der Waals surface area (Å²) in [6.07, 6.45) is 1.57. The summed E-state index contributed by atoms with van der Waals surface area (Å²) in [4.78, 5) is 24.8. The number of carbonyl (C=O) groups is 2. The Hall–Kier alpha value is -2.31. The Balaban J connectivity index is 1.75. The van der Waals surface area contributed by atoms with E-state index in [1.165, 1.54) is 0 Å². The molecule has 0 aliphatic carbocycles. The zero-order valence-electron chi connectivity index (χ0n) is 13.6. The number of nitrogens with one attached hydrogen (secondary N) is 3. The lowest BCUT2D eigenvalue weighted by atomic mass is 10.2. The molecule has 0 saturated heterocycles. The zero-order valence-corrected chi connectivity index (χ0v) is 14.4. The van der Waals surface area contributed by atoms with Crippen LogP contribution in [0, 0.1) is 0 Å². The van der Waals surface area contributed by atoms with Crippen LogP contribution in [0.1, 0.15) is 18.7 Å². The largest absolute Gasteiger partial charge is 0.467 e. The van der Waals surface area contributed by atoms with E-state index in [1.807, 2.05) is 6.92 Å². The molecule has 0 aliphatic rings. The van der Waals surface area contributed by atoms with Crippen molar-refractivity contribution in [1.29, 1.82) is 0 Å². The summed E-state index contributed by atoms with van der Waals surface area (Å²) in [7, 11) is 1.79. The molecule has 1 aromatic carbocycles. The van der Waals surface area contributed by atoms with Gasteiger partial charge in [-0.25, -0.2) is 0 Å². The van der Waals surface area contributed by atoms with E-state index in [0.29, 0.717) is 16.5 Å². The van der Waals surface area contributed by atoms with Crippen molar-refractivity contribution in [3.05, 3.63) is 53.4 Å². The molecule has 1 heterocycles. The monoisotopic (exact) mass is 350 g/mol. The molecule has 7 heteroatoms. The average molecular weight is 351 g/mol. The predicted molar refractivity (Wildman–Crippen MR) is 92.0 cm³/mol. The maximum absolute atomic E-state index is 12.0. The first kappa shape index (κ1) is 18.0. The van der Waals surface area contributed by atoms with Crippen molar-refractivity contribution in [1.82, 2.24) is 5.32 Å². The Morgan fingerprint density at radius 3 is 2.46 bits per heavy atom. The minimum Gasteiger partial charge on any atom is -0.467 e. The lowest BCUT2D eigenvalue weighted by molar-refractivity contribution is -0.862. The second-order valence-electron chi connectivity index (χ2n) is 5.67. The lowest BCUT2D eigenvalue weighted by Crippen LogP contribution is -3.11. The van der Waals surface area contributed by atoms with Crippen molar-refractivity contribution < 1.29 is 18.9 Å². The summed E-state index contributed by atoms with van der Waals surface area (Å²) in [5, 5.41) is 6.22. The molecule has 0 radical (unpaired) electrons. The molecule has 3 N–H and O–H groups in total. The number of quaternary nitrogens is 1. The van der Waals surface area contributed by atoms with Crippen molar-refractivity contribution in [3.63, 3.8) is 0 Å². The van der Waals surface area contributed by atoms with E-state index >= 15 is 0 Å². The van der Waals surface area contributed by atoms with Gasteiger partial charge in [0.1, 0.15) is 5.76 Å². The van der Waals surface area contributed by atoms with Gasteiger partial charge in [0.15, 0.2) is 13.1 Å². The molecule has 2 atom stereocenters. The first-order valence-corrected chi connectivity index (χ1v) is 8.01. The Morgan fingerprint density at radius 1 is 1.17 bits per heavy atom. The molecule has 0 bridgehead atoms. The normalized spacial score (nSPS) is 13.1. The van der Waals surface area contributed by atoms with Crippen LogP contribution in [0.25, 0.3) is 0 Å². The molecule has 2 rings (SSSR count). The van der Waals surface area contributed by atoms with Crippen molar-refractivity contribution in [2.24, 2.45) is 0 Å². The quantitative estimate of drug-likeness (QED) is 0.703. The fourth-order valence-corrected chi connectivity index (χ4v) is 2.38. The number of hydrogen-bond donors (Lipinski definition) is 3. The summed E-state index contributed by atoms with van der Waals surface area (Å²) in [5.41, 5.74) is 0.674. The number of carbonyl (C=O) groups excluding carboxylic acids is 2. The molecule has 0 fully saturated rings. The van der Waals surface area contributed by atoms with Crippen molar-refractivity contribution >= 4 is 29.1 Å². The molecule has 2 amide bonds. The van der Waals surface area contributed by atoms with Crippen LogP contribution < -0.4 is 15.5 Å². The third-order valence-corrected chi connectivity index (χ3v) is 3.65. The van der Waals surface area contributed by atoms with Gasteiger partial charge in [0.05, 0.1) is 19.4 Å². The molecular formula is C17H21ClN3O3+. The molecule has 1 unspecified atom stereocenters. The van der Waals surface area contributed by atoms with E-state index in [2.05, 4.69) is 10.6 Å². The summed E-state index contributed by atoms with van der Waals surface area (Å²) in [5.74, 6) is 0.388. The number of amides is 2. The summed E-state index contributed by atoms with van der Waals surface area (Å²) < 4.78 is 5.25. The van der Waals surface area contributed by atoms with Crippen LogP contribution in [-0.4, -0.2) is 32.0 Å². The number of furan rings is 1. The summed E-state index contributed by atoms with van der Waals surface area (Å²) in [6, 6.07) is 10.2. The maximum atomic E-state index is 12.0. The number of likely N-dealkylation sites (N-methyl/N-ethyl adjacent to an activating group) is 1. The Morgan fingerprint density at radius 2 is 1.83 bits per heavy atom. The highest BCUT2D eigenvalue weighted by Crippen LogP contribution is 2.13. The standard InChI is InChI=1S/C17H20ClN3O3/c1-12(15-4-3-9-24-15)19-16(22)10-21(2)11-17(23)20-14-7-5-13(18)6-8-14/h3-9,12H,10-11H2,1-2H3,(H,19,22)(H,20,23)/p+1/t12-/m0/s1. The first-order chi connectivity index (χ1) is 11.4. The van der Waals surface area contributed by atoms with Gasteiger partial charge in [-0.2, -0.15) is 0 Å². The maximum Gasteiger partial charge on any atom is 0.279 e. The van der Waals surface area contributed by atoms with Crippen LogP contribution in [0.3, 0.4) is 0 Å². The number of hydrogen-bond acceptors (Lipinski definition) is 3. The minimum absolute atomic E-state index is 0.143. The second kappa shape index (κ2) is 8.52. The van der Waals surface area contributed by atoms with E-state index < -0.39 is 0 Å². The highest BCUT2D eigenvalue weighted by molar-refractivity contribution is 6.30. The third kappa shape index (κ3) is 5.72. The number of halogens is 1. The topological polar surface area (TPSA) is 75.8 Å². The average Bonchev–Trinajstić information content (AvgIpc) is 3.03. The van der Waals surface area contributed by atoms with E-state index in [-0.39, 0.29) is 30.9 Å². The van der Waals surface area contributed by atoms with Gasteiger partial charge in [0.2, 0.25) is 0 Å². The molecule has 24 heavy (non-hydrogen) atoms. The molecule has 1 aromatic heterocycles. The van der Waals surface area contributed by atoms with Gasteiger partial charge in [0, 0.05) is 10.7 Å². The van der Waals surface area contributed by atoms with Gasteiger partial charge in [-0.05, 0) is 43.3 Å². The van der Waals surface area contributed by atoms with E-state index in [0.717, 1.165) is 4.90 Å². The van der Waals surface area contributed by atoms with Gasteiger partial charge in [-0.15, -0.1) is 0 Å². The molecule has 6 nitrogen and oxygen atoms in total. The minimum atomic E-state index is -0.205. The zero-order chi connectivity index (χ0) is 17.5. The van der Waals surface area contributed by atoms with E-state index in [4.69, 9.17) is 16.0 Å². The summed E-state index contributed by atoms with van der Waals surface area (Å²) in [6.45, 7) is 2.23.